The minimum Gasteiger partial charge on any atom is -0.454 e. The molecule has 5 aromatic rings. The normalized spacial score (nSPS) is 18.8. The van der Waals surface area contributed by atoms with Gasteiger partial charge in [0.2, 0.25) is 0 Å². The topological polar surface area (TPSA) is 113 Å². The van der Waals surface area contributed by atoms with E-state index in [0.29, 0.717) is 29.1 Å². The number of hydrogen-bond donors (Lipinski definition) is 2. The van der Waals surface area contributed by atoms with Gasteiger partial charge in [-0.15, -0.1) is 11.3 Å². The second-order valence-electron chi connectivity index (χ2n) is 10.7. The molecule has 11 nitrogen and oxygen atoms in total. The Morgan fingerprint density at radius 1 is 1.21 bits per heavy atom. The van der Waals surface area contributed by atoms with Gasteiger partial charge in [0.1, 0.15) is 41.0 Å². The number of halogens is 1. The third kappa shape index (κ3) is 5.94. The Morgan fingerprint density at radius 3 is 3.02 bits per heavy atom. The van der Waals surface area contributed by atoms with Crippen LogP contribution in [0.15, 0.2) is 61.3 Å². The lowest BCUT2D eigenvalue weighted by atomic mass is 10.0. The van der Waals surface area contributed by atoms with E-state index in [1.807, 2.05) is 36.4 Å². The van der Waals surface area contributed by atoms with Crippen LogP contribution in [0.3, 0.4) is 0 Å². The molecule has 0 spiro atoms. The lowest BCUT2D eigenvalue weighted by Crippen LogP contribution is -2.43. The summed E-state index contributed by atoms with van der Waals surface area (Å²) in [5.74, 6) is 1.86. The molecule has 2 N–H and O–H groups in total. The second-order valence-corrected chi connectivity index (χ2v) is 12.2. The summed E-state index contributed by atoms with van der Waals surface area (Å²) in [5, 5.41) is 20.0. The molecular formula is C30H31ClN8O3S. The summed E-state index contributed by atoms with van der Waals surface area (Å²) in [4.78, 5) is 19.9. The standard InChI is InChI=1S/C30H31ClN8O3S/c1-19-16-41-12-11-37(19)9-2-3-27(40)38-10-8-22-25(15-38)43-30-28(22)29(33-17-34-30)36-20-4-6-24(23(31)13-20)42-21-5-7-26-32-18-35-39(26)14-21/h2-7,13-14,17-19,27,40H,8-12,15-16H2,1H3,(H,33,34,36)/b3-2+/t19-,27?/m0/s1. The molecule has 222 valence electrons. The first-order valence-electron chi connectivity index (χ1n) is 14.2. The molecule has 13 heteroatoms. The van der Waals surface area contributed by atoms with Gasteiger partial charge >= 0.3 is 0 Å². The summed E-state index contributed by atoms with van der Waals surface area (Å²) in [5.41, 5.74) is 2.75. The molecule has 0 saturated carbocycles. The SMILES string of the molecule is C[C@H]1COCCN1C/C=C/C(O)N1CCc2c(sc3ncnc(Nc4ccc(Oc5ccc6ncnn6c5)c(Cl)c4)c23)C1. The first-order valence-corrected chi connectivity index (χ1v) is 15.4. The van der Waals surface area contributed by atoms with Crippen molar-refractivity contribution in [3.05, 3.63) is 76.8 Å². The third-order valence-electron chi connectivity index (χ3n) is 7.86. The molecule has 1 unspecified atom stereocenters. The fourth-order valence-electron chi connectivity index (χ4n) is 5.52. The van der Waals surface area contributed by atoms with Gasteiger partial charge in [-0.1, -0.05) is 17.7 Å². The minimum atomic E-state index is -0.639. The number of morpholine rings is 1. The van der Waals surface area contributed by atoms with Crippen LogP contribution in [0, 0.1) is 0 Å². The maximum absolute atomic E-state index is 10.9. The maximum atomic E-state index is 10.9. The van der Waals surface area contributed by atoms with Gasteiger partial charge < -0.3 is 19.9 Å². The number of fused-ring (bicyclic) bond motifs is 4. The summed E-state index contributed by atoms with van der Waals surface area (Å²) in [6, 6.07) is 9.59. The summed E-state index contributed by atoms with van der Waals surface area (Å²) >= 11 is 8.27. The Hall–Kier alpha value is -3.65. The van der Waals surface area contributed by atoms with E-state index in [0.717, 1.165) is 66.6 Å². The highest BCUT2D eigenvalue weighted by atomic mass is 35.5. The molecule has 1 fully saturated rings. The molecule has 7 rings (SSSR count). The Kier molecular flexibility index (Phi) is 7.95. The van der Waals surface area contributed by atoms with Gasteiger partial charge in [0.05, 0.1) is 29.8 Å². The first-order chi connectivity index (χ1) is 21.0. The van der Waals surface area contributed by atoms with Gasteiger partial charge in [0.15, 0.2) is 5.65 Å². The molecule has 2 aliphatic heterocycles. The predicted molar refractivity (Wildman–Crippen MR) is 166 cm³/mol. The predicted octanol–water partition coefficient (Wildman–Crippen LogP) is 4.88. The number of nitrogens with zero attached hydrogens (tertiary/aromatic N) is 7. The zero-order valence-electron chi connectivity index (χ0n) is 23.6. The minimum absolute atomic E-state index is 0.388. The highest BCUT2D eigenvalue weighted by Crippen LogP contribution is 2.39. The summed E-state index contributed by atoms with van der Waals surface area (Å²) in [6.07, 6.45) is 8.95. The van der Waals surface area contributed by atoms with Crippen LogP contribution in [0.4, 0.5) is 11.5 Å². The zero-order chi connectivity index (χ0) is 29.3. The molecule has 1 saturated heterocycles. The highest BCUT2D eigenvalue weighted by Gasteiger charge is 2.26. The number of aliphatic hydroxyl groups excluding tert-OH is 1. The Balaban J connectivity index is 1.04. The summed E-state index contributed by atoms with van der Waals surface area (Å²) in [6.45, 7) is 6.81. The molecule has 0 amide bonds. The van der Waals surface area contributed by atoms with Gasteiger partial charge in [-0.3, -0.25) is 9.80 Å². The second kappa shape index (κ2) is 12.2. The van der Waals surface area contributed by atoms with Crippen LogP contribution < -0.4 is 10.1 Å². The van der Waals surface area contributed by atoms with Gasteiger partial charge in [-0.05, 0) is 55.3 Å². The van der Waals surface area contributed by atoms with E-state index in [2.05, 4.69) is 48.2 Å². The number of nitrogens with one attached hydrogen (secondary N) is 1. The molecular weight excluding hydrogens is 588 g/mol. The number of benzene rings is 1. The fraction of sp³-hybridized carbons (Fsp3) is 0.333. The summed E-state index contributed by atoms with van der Waals surface area (Å²) < 4.78 is 13.2. The van der Waals surface area contributed by atoms with E-state index in [9.17, 15) is 5.11 Å². The number of aromatic nitrogens is 5. The largest absolute Gasteiger partial charge is 0.454 e. The molecule has 0 bridgehead atoms. The van der Waals surface area contributed by atoms with Gasteiger partial charge in [0, 0.05) is 42.8 Å². The van der Waals surface area contributed by atoms with E-state index >= 15 is 0 Å². The van der Waals surface area contributed by atoms with Crippen molar-refractivity contribution >= 4 is 50.3 Å². The van der Waals surface area contributed by atoms with Crippen molar-refractivity contribution in [2.75, 3.05) is 38.2 Å². The van der Waals surface area contributed by atoms with Gasteiger partial charge in [0.25, 0.3) is 0 Å². The van der Waals surface area contributed by atoms with Crippen LogP contribution in [-0.4, -0.2) is 84.6 Å². The number of aliphatic hydroxyl groups is 1. The Bertz CT molecular complexity index is 1790. The molecule has 0 radical (unpaired) electrons. The average Bonchev–Trinajstić information content (AvgIpc) is 3.63. The van der Waals surface area contributed by atoms with Crippen molar-refractivity contribution in [1.82, 2.24) is 34.4 Å². The molecule has 6 heterocycles. The molecule has 43 heavy (non-hydrogen) atoms. The molecule has 2 atom stereocenters. The monoisotopic (exact) mass is 618 g/mol. The fourth-order valence-corrected chi connectivity index (χ4v) is 6.96. The van der Waals surface area contributed by atoms with Crippen molar-refractivity contribution < 1.29 is 14.6 Å². The van der Waals surface area contributed by atoms with Crippen molar-refractivity contribution in [2.24, 2.45) is 0 Å². The average molecular weight is 619 g/mol. The van der Waals surface area contributed by atoms with E-state index in [-0.39, 0.29) is 0 Å². The summed E-state index contributed by atoms with van der Waals surface area (Å²) in [7, 11) is 0. The van der Waals surface area contributed by atoms with Crippen molar-refractivity contribution in [3.8, 4) is 11.5 Å². The van der Waals surface area contributed by atoms with E-state index in [1.54, 1.807) is 28.4 Å². The van der Waals surface area contributed by atoms with E-state index < -0.39 is 6.23 Å². The molecule has 4 aromatic heterocycles. The van der Waals surface area contributed by atoms with Crippen LogP contribution in [-0.2, 0) is 17.7 Å². The Morgan fingerprint density at radius 2 is 2.14 bits per heavy atom. The van der Waals surface area contributed by atoms with Crippen LogP contribution >= 0.6 is 22.9 Å². The first kappa shape index (κ1) is 28.1. The quantitative estimate of drug-likeness (QED) is 0.233. The van der Waals surface area contributed by atoms with Crippen LogP contribution in [0.2, 0.25) is 5.02 Å². The number of rotatable bonds is 8. The van der Waals surface area contributed by atoms with Crippen molar-refractivity contribution in [3.63, 3.8) is 0 Å². The van der Waals surface area contributed by atoms with Crippen LogP contribution in [0.25, 0.3) is 15.9 Å². The number of pyridine rings is 1. The maximum Gasteiger partial charge on any atom is 0.155 e. The van der Waals surface area contributed by atoms with E-state index in [1.165, 1.54) is 16.8 Å². The number of hydrogen-bond acceptors (Lipinski definition) is 11. The van der Waals surface area contributed by atoms with Crippen molar-refractivity contribution in [1.29, 1.82) is 0 Å². The molecule has 1 aromatic carbocycles. The van der Waals surface area contributed by atoms with E-state index in [4.69, 9.17) is 21.1 Å². The van der Waals surface area contributed by atoms with Crippen molar-refractivity contribution in [2.45, 2.75) is 32.2 Å². The zero-order valence-corrected chi connectivity index (χ0v) is 25.1. The smallest absolute Gasteiger partial charge is 0.155 e. The van der Waals surface area contributed by atoms with Gasteiger partial charge in [-0.25, -0.2) is 19.5 Å². The molecule has 0 aliphatic carbocycles. The number of anilines is 2. The Labute approximate surface area is 257 Å². The lowest BCUT2D eigenvalue weighted by molar-refractivity contribution is 0.00479. The molecule has 2 aliphatic rings. The van der Waals surface area contributed by atoms with Crippen LogP contribution in [0.5, 0.6) is 11.5 Å². The highest BCUT2D eigenvalue weighted by molar-refractivity contribution is 7.19. The number of thiophene rings is 1. The van der Waals surface area contributed by atoms with Gasteiger partial charge in [-0.2, -0.15) is 5.10 Å². The lowest BCUT2D eigenvalue weighted by Gasteiger charge is -2.32. The van der Waals surface area contributed by atoms with Crippen LogP contribution in [0.1, 0.15) is 17.4 Å². The third-order valence-corrected chi connectivity index (χ3v) is 9.28. The number of ether oxygens (including phenoxy) is 2.